The fourth-order valence-electron chi connectivity index (χ4n) is 1.84. The zero-order valence-corrected chi connectivity index (χ0v) is 9.53. The summed E-state index contributed by atoms with van der Waals surface area (Å²) >= 11 is 0. The number of nitrogens with two attached hydrogens (primary N) is 2. The molecule has 1 saturated heterocycles. The Bertz CT molecular complexity index is 377. The fourth-order valence-corrected chi connectivity index (χ4v) is 1.84. The highest BCUT2D eigenvalue weighted by Crippen LogP contribution is 2.29. The van der Waals surface area contributed by atoms with E-state index in [-0.39, 0.29) is 17.6 Å². The molecule has 2 atom stereocenters. The molecular formula is C10H17N5O. The van der Waals surface area contributed by atoms with E-state index in [1.165, 1.54) is 0 Å². The largest absolute Gasteiger partial charge is 0.383 e. The van der Waals surface area contributed by atoms with E-state index in [0.29, 0.717) is 11.6 Å². The van der Waals surface area contributed by atoms with Crippen LogP contribution in [0, 0.1) is 0 Å². The molecule has 6 heteroatoms. The van der Waals surface area contributed by atoms with Crippen molar-refractivity contribution in [1.29, 1.82) is 0 Å². The number of hydrogen-bond acceptors (Lipinski definition) is 6. The van der Waals surface area contributed by atoms with Crippen molar-refractivity contribution in [2.24, 2.45) is 0 Å². The number of nitrogen functional groups attached to an aromatic ring is 2. The molecule has 88 valence electrons. The zero-order valence-electron chi connectivity index (χ0n) is 9.53. The lowest BCUT2D eigenvalue weighted by Gasteiger charge is -2.29. The SMILES string of the molecule is CC1OCCC1(C)Nc1cc(N)nc(N)n1. The van der Waals surface area contributed by atoms with Crippen molar-refractivity contribution >= 4 is 17.6 Å². The Balaban J connectivity index is 2.20. The smallest absolute Gasteiger partial charge is 0.223 e. The molecule has 16 heavy (non-hydrogen) atoms. The van der Waals surface area contributed by atoms with E-state index in [4.69, 9.17) is 16.2 Å². The van der Waals surface area contributed by atoms with Gasteiger partial charge in [0.25, 0.3) is 0 Å². The molecule has 0 saturated carbocycles. The summed E-state index contributed by atoms with van der Waals surface area (Å²) in [5.41, 5.74) is 11.0. The van der Waals surface area contributed by atoms with Gasteiger partial charge in [0.1, 0.15) is 11.6 Å². The van der Waals surface area contributed by atoms with Crippen LogP contribution in [0.3, 0.4) is 0 Å². The Morgan fingerprint density at radius 1 is 1.50 bits per heavy atom. The number of ether oxygens (including phenoxy) is 1. The minimum Gasteiger partial charge on any atom is -0.383 e. The second kappa shape index (κ2) is 3.79. The Kier molecular flexibility index (Phi) is 2.59. The van der Waals surface area contributed by atoms with E-state index in [1.807, 2.05) is 6.92 Å². The molecule has 0 bridgehead atoms. The highest BCUT2D eigenvalue weighted by Gasteiger charge is 2.37. The average Bonchev–Trinajstić information content (AvgIpc) is 2.44. The summed E-state index contributed by atoms with van der Waals surface area (Å²) in [6.45, 7) is 4.88. The minimum absolute atomic E-state index is 0.130. The predicted molar refractivity (Wildman–Crippen MR) is 62.9 cm³/mol. The van der Waals surface area contributed by atoms with Crippen LogP contribution in [-0.2, 0) is 4.74 Å². The van der Waals surface area contributed by atoms with Crippen LogP contribution in [0.15, 0.2) is 6.07 Å². The number of nitrogens with one attached hydrogen (secondary N) is 1. The van der Waals surface area contributed by atoms with E-state index in [9.17, 15) is 0 Å². The monoisotopic (exact) mass is 223 g/mol. The van der Waals surface area contributed by atoms with Crippen molar-refractivity contribution in [3.05, 3.63) is 6.07 Å². The summed E-state index contributed by atoms with van der Waals surface area (Å²) in [5, 5.41) is 3.31. The van der Waals surface area contributed by atoms with Gasteiger partial charge in [0.2, 0.25) is 5.95 Å². The Morgan fingerprint density at radius 3 is 2.81 bits per heavy atom. The molecule has 0 aliphatic carbocycles. The first-order valence-corrected chi connectivity index (χ1v) is 5.29. The molecule has 0 amide bonds. The molecular weight excluding hydrogens is 206 g/mol. The molecule has 1 fully saturated rings. The third kappa shape index (κ3) is 2.01. The van der Waals surface area contributed by atoms with Gasteiger partial charge in [-0.25, -0.2) is 0 Å². The quantitative estimate of drug-likeness (QED) is 0.679. The first-order chi connectivity index (χ1) is 7.49. The van der Waals surface area contributed by atoms with Gasteiger partial charge in [0.05, 0.1) is 11.6 Å². The third-order valence-electron chi connectivity index (χ3n) is 3.06. The van der Waals surface area contributed by atoms with Gasteiger partial charge in [-0.1, -0.05) is 0 Å². The molecule has 0 aromatic carbocycles. The number of nitrogens with zero attached hydrogens (tertiary/aromatic N) is 2. The van der Waals surface area contributed by atoms with Gasteiger partial charge in [-0.3, -0.25) is 0 Å². The molecule has 1 aromatic rings. The molecule has 2 heterocycles. The van der Waals surface area contributed by atoms with Crippen molar-refractivity contribution < 1.29 is 4.74 Å². The zero-order chi connectivity index (χ0) is 11.8. The van der Waals surface area contributed by atoms with E-state index in [1.54, 1.807) is 6.07 Å². The molecule has 0 radical (unpaired) electrons. The van der Waals surface area contributed by atoms with Gasteiger partial charge in [-0.2, -0.15) is 9.97 Å². The highest BCUT2D eigenvalue weighted by atomic mass is 16.5. The lowest BCUT2D eigenvalue weighted by Crippen LogP contribution is -2.41. The Morgan fingerprint density at radius 2 is 2.25 bits per heavy atom. The summed E-state index contributed by atoms with van der Waals surface area (Å²) in [4.78, 5) is 7.92. The minimum atomic E-state index is -0.132. The Labute approximate surface area is 94.4 Å². The molecule has 1 aliphatic rings. The fraction of sp³-hybridized carbons (Fsp3) is 0.600. The summed E-state index contributed by atoms with van der Waals surface area (Å²) < 4.78 is 5.53. The van der Waals surface area contributed by atoms with Crippen LogP contribution in [0.4, 0.5) is 17.6 Å². The second-order valence-electron chi connectivity index (χ2n) is 4.34. The van der Waals surface area contributed by atoms with Crippen LogP contribution in [0.5, 0.6) is 0 Å². The molecule has 1 aliphatic heterocycles. The summed E-state index contributed by atoms with van der Waals surface area (Å²) in [6.07, 6.45) is 1.06. The summed E-state index contributed by atoms with van der Waals surface area (Å²) in [5.74, 6) is 1.19. The first kappa shape index (κ1) is 10.9. The maximum absolute atomic E-state index is 5.61. The normalized spacial score (nSPS) is 29.2. The number of aromatic nitrogens is 2. The molecule has 2 unspecified atom stereocenters. The third-order valence-corrected chi connectivity index (χ3v) is 3.06. The highest BCUT2D eigenvalue weighted by molar-refractivity contribution is 5.50. The predicted octanol–water partition coefficient (Wildman–Crippen LogP) is 0.620. The van der Waals surface area contributed by atoms with Gasteiger partial charge in [0, 0.05) is 12.7 Å². The molecule has 1 aromatic heterocycles. The molecule has 6 nitrogen and oxygen atoms in total. The van der Waals surface area contributed by atoms with Gasteiger partial charge in [-0.05, 0) is 20.3 Å². The van der Waals surface area contributed by atoms with Gasteiger partial charge >= 0.3 is 0 Å². The maximum Gasteiger partial charge on any atom is 0.223 e. The lowest BCUT2D eigenvalue weighted by atomic mass is 9.95. The van der Waals surface area contributed by atoms with Crippen molar-refractivity contribution in [2.75, 3.05) is 23.4 Å². The van der Waals surface area contributed by atoms with Crippen LogP contribution in [0.25, 0.3) is 0 Å². The molecule has 5 N–H and O–H groups in total. The second-order valence-corrected chi connectivity index (χ2v) is 4.34. The molecule has 0 spiro atoms. The van der Waals surface area contributed by atoms with Crippen molar-refractivity contribution in [3.63, 3.8) is 0 Å². The van der Waals surface area contributed by atoms with Crippen LogP contribution < -0.4 is 16.8 Å². The van der Waals surface area contributed by atoms with Gasteiger partial charge in [0.15, 0.2) is 0 Å². The van der Waals surface area contributed by atoms with Crippen molar-refractivity contribution in [3.8, 4) is 0 Å². The van der Waals surface area contributed by atoms with Gasteiger partial charge < -0.3 is 21.5 Å². The van der Waals surface area contributed by atoms with E-state index >= 15 is 0 Å². The number of anilines is 3. The maximum atomic E-state index is 5.61. The summed E-state index contributed by atoms with van der Waals surface area (Å²) in [7, 11) is 0. The summed E-state index contributed by atoms with van der Waals surface area (Å²) in [6, 6.07) is 1.67. The topological polar surface area (TPSA) is 99.1 Å². The first-order valence-electron chi connectivity index (χ1n) is 5.29. The van der Waals surface area contributed by atoms with Crippen LogP contribution in [0.1, 0.15) is 20.3 Å². The number of rotatable bonds is 2. The average molecular weight is 223 g/mol. The Hall–Kier alpha value is -1.56. The van der Waals surface area contributed by atoms with E-state index in [0.717, 1.165) is 13.0 Å². The van der Waals surface area contributed by atoms with Crippen LogP contribution >= 0.6 is 0 Å². The van der Waals surface area contributed by atoms with Crippen LogP contribution in [-0.4, -0.2) is 28.2 Å². The standard InChI is InChI=1S/C10H17N5O/c1-6-10(2,3-4-16-6)15-8-5-7(11)13-9(12)14-8/h5-6H,3-4H2,1-2H3,(H5,11,12,13,14,15). The lowest BCUT2D eigenvalue weighted by molar-refractivity contribution is 0.105. The van der Waals surface area contributed by atoms with Crippen LogP contribution in [0.2, 0.25) is 0 Å². The van der Waals surface area contributed by atoms with E-state index < -0.39 is 0 Å². The van der Waals surface area contributed by atoms with Crippen molar-refractivity contribution in [1.82, 2.24) is 9.97 Å². The van der Waals surface area contributed by atoms with Crippen molar-refractivity contribution in [2.45, 2.75) is 31.9 Å². The number of hydrogen-bond donors (Lipinski definition) is 3. The van der Waals surface area contributed by atoms with E-state index in [2.05, 4.69) is 22.2 Å². The molecule has 2 rings (SSSR count). The van der Waals surface area contributed by atoms with Gasteiger partial charge in [-0.15, -0.1) is 0 Å².